The number of aromatic nitrogens is 4. The second kappa shape index (κ2) is 9.70. The van der Waals surface area contributed by atoms with Crippen molar-refractivity contribution in [2.75, 3.05) is 0 Å². The van der Waals surface area contributed by atoms with Crippen LogP contribution in [-0.4, -0.2) is 34.9 Å². The third kappa shape index (κ3) is 4.29. The molecular weight excluding hydrogens is 492 g/mol. The first kappa shape index (κ1) is 24.1. The molecule has 0 amide bonds. The summed E-state index contributed by atoms with van der Waals surface area (Å²) in [5, 5.41) is 41.8. The molecule has 0 saturated heterocycles. The number of hydrogen-bond acceptors (Lipinski definition) is 5. The van der Waals surface area contributed by atoms with Gasteiger partial charge >= 0.3 is 0 Å². The van der Waals surface area contributed by atoms with Crippen LogP contribution >= 0.6 is 0 Å². The number of phenolic OH excluding ortho intramolecular Hbond substituents is 1. The van der Waals surface area contributed by atoms with Gasteiger partial charge in [0.2, 0.25) is 11.8 Å². The predicted octanol–water partition coefficient (Wildman–Crippen LogP) is 4.97. The molecule has 5 rings (SSSR count). The Morgan fingerprint density at radius 2 is 1.00 bits per heavy atom. The molecule has 3 aromatic carbocycles. The molecule has 0 aliphatic heterocycles. The van der Waals surface area contributed by atoms with E-state index >= 15 is 0 Å². The molecule has 0 spiro atoms. The second-order valence-electron chi connectivity index (χ2n) is 8.16. The minimum atomic E-state index is -0.574. The smallest absolute Gasteiger partial charge is 0.218 e. The zero-order valence-electron chi connectivity index (χ0n) is 19.1. The van der Waals surface area contributed by atoms with Crippen LogP contribution in [0.1, 0.15) is 34.0 Å². The summed E-state index contributed by atoms with van der Waals surface area (Å²) in [6.45, 7) is 3.66. The normalized spacial score (nSPS) is 10.9. The van der Waals surface area contributed by atoms with Crippen molar-refractivity contribution < 1.29 is 32.4 Å². The topological polar surface area (TPSA) is 96.3 Å². The van der Waals surface area contributed by atoms with Gasteiger partial charge < -0.3 is 15.3 Å². The fourth-order valence-corrected chi connectivity index (χ4v) is 4.37. The van der Waals surface area contributed by atoms with Gasteiger partial charge in [-0.1, -0.05) is 48.5 Å². The molecule has 0 bridgehead atoms. The molecule has 2 heterocycles. The third-order valence-electron chi connectivity index (χ3n) is 5.97. The van der Waals surface area contributed by atoms with Crippen molar-refractivity contribution in [3.63, 3.8) is 0 Å². The molecule has 5 aromatic rings. The van der Waals surface area contributed by atoms with Crippen molar-refractivity contribution in [2.24, 2.45) is 0 Å². The van der Waals surface area contributed by atoms with Crippen LogP contribution in [0, 0.1) is 13.8 Å². The first-order chi connectivity index (χ1) is 16.5. The van der Waals surface area contributed by atoms with Gasteiger partial charge in [-0.25, -0.2) is 9.36 Å². The van der Waals surface area contributed by atoms with E-state index in [1.807, 2.05) is 74.5 Å². The molecule has 8 heteroatoms. The Labute approximate surface area is 213 Å². The van der Waals surface area contributed by atoms with Gasteiger partial charge in [0.25, 0.3) is 0 Å². The minimum absolute atomic E-state index is 0. The number of hydrogen-bond donors (Lipinski definition) is 3. The molecule has 0 fully saturated rings. The second-order valence-corrected chi connectivity index (χ2v) is 8.16. The molecule has 35 heavy (non-hydrogen) atoms. The standard InChI is InChI=1S/C27H24N4O3.Cu/c1-17-23(26(33)30(28-17)20-9-5-3-6-10-20)25(19-13-15-22(32)16-14-19)24-18(2)29-31(27(24)34)21-11-7-4-8-12-21;/h3-16,25,32-34H,1-2H3;. The average Bonchev–Trinajstić information content (AvgIpc) is 3.32. The maximum atomic E-state index is 11.4. The van der Waals surface area contributed by atoms with Gasteiger partial charge in [-0.05, 0) is 55.8 Å². The fourth-order valence-electron chi connectivity index (χ4n) is 4.37. The van der Waals surface area contributed by atoms with Crippen LogP contribution in [0.3, 0.4) is 0 Å². The van der Waals surface area contributed by atoms with E-state index in [1.54, 1.807) is 24.3 Å². The first-order valence-corrected chi connectivity index (χ1v) is 10.9. The minimum Gasteiger partial charge on any atom is -0.508 e. The van der Waals surface area contributed by atoms with E-state index in [1.165, 1.54) is 9.36 Å². The zero-order valence-corrected chi connectivity index (χ0v) is 20.0. The van der Waals surface area contributed by atoms with Gasteiger partial charge in [-0.3, -0.25) is 0 Å². The Hall–Kier alpha value is -4.00. The SMILES string of the molecule is Cc1nn(-c2ccccc2)c(O)c1C(c1ccc(O)cc1)c1c(C)nn(-c2ccccc2)c1O.[Cu]. The zero-order chi connectivity index (χ0) is 23.8. The van der Waals surface area contributed by atoms with Crippen LogP contribution in [0.25, 0.3) is 11.4 Å². The fraction of sp³-hybridized carbons (Fsp3) is 0.111. The Balaban J connectivity index is 0.00000289. The van der Waals surface area contributed by atoms with E-state index in [2.05, 4.69) is 10.2 Å². The summed E-state index contributed by atoms with van der Waals surface area (Å²) in [4.78, 5) is 0. The number of nitrogens with zero attached hydrogens (tertiary/aromatic N) is 4. The molecule has 0 atom stereocenters. The molecule has 2 aromatic heterocycles. The van der Waals surface area contributed by atoms with E-state index in [0.717, 1.165) is 16.9 Å². The van der Waals surface area contributed by atoms with Crippen molar-refractivity contribution in [1.29, 1.82) is 0 Å². The number of aromatic hydroxyl groups is 3. The summed E-state index contributed by atoms with van der Waals surface area (Å²) in [6.07, 6.45) is 0. The van der Waals surface area contributed by atoms with Gasteiger partial charge in [0.15, 0.2) is 0 Å². The molecule has 0 aliphatic rings. The maximum Gasteiger partial charge on any atom is 0.218 e. The van der Waals surface area contributed by atoms with Gasteiger partial charge in [0, 0.05) is 34.1 Å². The van der Waals surface area contributed by atoms with Crippen LogP contribution in [0.4, 0.5) is 0 Å². The number of aryl methyl sites for hydroxylation is 2. The van der Waals surface area contributed by atoms with E-state index in [0.29, 0.717) is 22.5 Å². The molecule has 181 valence electrons. The van der Waals surface area contributed by atoms with Gasteiger partial charge in [0.1, 0.15) is 5.75 Å². The average molecular weight is 516 g/mol. The first-order valence-electron chi connectivity index (χ1n) is 10.9. The maximum absolute atomic E-state index is 11.4. The molecule has 1 radical (unpaired) electrons. The molecule has 0 unspecified atom stereocenters. The van der Waals surface area contributed by atoms with Crippen LogP contribution in [0.2, 0.25) is 0 Å². The summed E-state index contributed by atoms with van der Waals surface area (Å²) in [5.74, 6) is -0.485. The Bertz CT molecular complexity index is 1360. The molecular formula is C27H24CuN4O3. The number of rotatable bonds is 5. The quantitative estimate of drug-likeness (QED) is 0.287. The van der Waals surface area contributed by atoms with Crippen LogP contribution in [-0.2, 0) is 17.1 Å². The summed E-state index contributed by atoms with van der Waals surface area (Å²) in [6, 6.07) is 25.5. The molecule has 0 aliphatic carbocycles. The van der Waals surface area contributed by atoms with Crippen molar-refractivity contribution in [2.45, 2.75) is 19.8 Å². The van der Waals surface area contributed by atoms with Crippen LogP contribution in [0.15, 0.2) is 84.9 Å². The van der Waals surface area contributed by atoms with Crippen molar-refractivity contribution >= 4 is 0 Å². The van der Waals surface area contributed by atoms with E-state index < -0.39 is 5.92 Å². The number of phenols is 1. The summed E-state index contributed by atoms with van der Waals surface area (Å²) in [7, 11) is 0. The summed E-state index contributed by atoms with van der Waals surface area (Å²) in [5.41, 5.74) is 4.56. The summed E-state index contributed by atoms with van der Waals surface area (Å²) < 4.78 is 2.98. The van der Waals surface area contributed by atoms with Gasteiger partial charge in [0.05, 0.1) is 22.8 Å². The molecule has 7 nitrogen and oxygen atoms in total. The summed E-state index contributed by atoms with van der Waals surface area (Å²) >= 11 is 0. The van der Waals surface area contributed by atoms with Gasteiger partial charge in [-0.2, -0.15) is 10.2 Å². The van der Waals surface area contributed by atoms with Gasteiger partial charge in [-0.15, -0.1) is 0 Å². The Morgan fingerprint density at radius 3 is 1.40 bits per heavy atom. The Kier molecular flexibility index (Phi) is 6.69. The third-order valence-corrected chi connectivity index (χ3v) is 5.97. The monoisotopic (exact) mass is 515 g/mol. The molecule has 3 N–H and O–H groups in total. The van der Waals surface area contributed by atoms with Crippen molar-refractivity contribution in [3.8, 4) is 28.9 Å². The van der Waals surface area contributed by atoms with E-state index in [9.17, 15) is 15.3 Å². The predicted molar refractivity (Wildman–Crippen MR) is 129 cm³/mol. The largest absolute Gasteiger partial charge is 0.508 e. The van der Waals surface area contributed by atoms with Crippen LogP contribution in [0.5, 0.6) is 17.5 Å². The number of benzene rings is 3. The van der Waals surface area contributed by atoms with Crippen LogP contribution < -0.4 is 0 Å². The molecule has 0 saturated carbocycles. The number of para-hydroxylation sites is 2. The van der Waals surface area contributed by atoms with Crippen molar-refractivity contribution in [3.05, 3.63) is 113 Å². The van der Waals surface area contributed by atoms with E-state index in [-0.39, 0.29) is 34.6 Å². The van der Waals surface area contributed by atoms with Crippen molar-refractivity contribution in [1.82, 2.24) is 19.6 Å². The van der Waals surface area contributed by atoms with E-state index in [4.69, 9.17) is 0 Å². The Morgan fingerprint density at radius 1 is 0.600 bits per heavy atom.